The summed E-state index contributed by atoms with van der Waals surface area (Å²) in [6, 6.07) is 9.18. The monoisotopic (exact) mass is 245 g/mol. The van der Waals surface area contributed by atoms with Crippen molar-refractivity contribution in [2.24, 2.45) is 0 Å². The smallest absolute Gasteiger partial charge is 0.341 e. The van der Waals surface area contributed by atoms with Crippen molar-refractivity contribution in [1.82, 2.24) is 5.16 Å². The fourth-order valence-electron chi connectivity index (χ4n) is 1.79. The van der Waals surface area contributed by atoms with Crippen molar-refractivity contribution >= 4 is 5.97 Å². The van der Waals surface area contributed by atoms with Gasteiger partial charge in [0.2, 0.25) is 0 Å². The van der Waals surface area contributed by atoms with Crippen LogP contribution in [0, 0.1) is 0 Å². The van der Waals surface area contributed by atoms with Crippen molar-refractivity contribution in [1.29, 1.82) is 0 Å². The Morgan fingerprint density at radius 1 is 1.22 bits per heavy atom. The minimum absolute atomic E-state index is 0.147. The van der Waals surface area contributed by atoms with E-state index in [0.29, 0.717) is 11.5 Å². The van der Waals surface area contributed by atoms with Gasteiger partial charge in [0.05, 0.1) is 0 Å². The number of rotatable bonds is 2. The van der Waals surface area contributed by atoms with Crippen molar-refractivity contribution in [2.45, 2.75) is 26.2 Å². The number of nitrogens with zero attached hydrogens (tertiary/aromatic N) is 1. The second-order valence-corrected chi connectivity index (χ2v) is 5.16. The highest BCUT2D eigenvalue weighted by atomic mass is 16.5. The van der Waals surface area contributed by atoms with Crippen LogP contribution in [0.15, 0.2) is 34.9 Å². The molecule has 0 bridgehead atoms. The lowest BCUT2D eigenvalue weighted by Gasteiger charge is -2.14. The van der Waals surface area contributed by atoms with E-state index < -0.39 is 11.4 Å². The van der Waals surface area contributed by atoms with Gasteiger partial charge in [-0.25, -0.2) is 4.79 Å². The van der Waals surface area contributed by atoms with Crippen molar-refractivity contribution in [3.05, 3.63) is 41.7 Å². The summed E-state index contributed by atoms with van der Waals surface area (Å²) < 4.78 is 5.25. The van der Waals surface area contributed by atoms with Crippen molar-refractivity contribution in [2.75, 3.05) is 0 Å². The van der Waals surface area contributed by atoms with E-state index in [1.165, 1.54) is 0 Å². The maximum atomic E-state index is 11.4. The standard InChI is InChI=1S/C14H15NO3/c1-14(2,3)12-10(13(16)17)11(15-18-12)9-7-5-4-6-8-9/h4-8H,1-3H3,(H,16,17). The lowest BCUT2D eigenvalue weighted by molar-refractivity contribution is 0.0693. The number of benzene rings is 1. The van der Waals surface area contributed by atoms with E-state index >= 15 is 0 Å². The average molecular weight is 245 g/mol. The molecular weight excluding hydrogens is 230 g/mol. The van der Waals surface area contributed by atoms with Gasteiger partial charge >= 0.3 is 5.97 Å². The second-order valence-electron chi connectivity index (χ2n) is 5.16. The van der Waals surface area contributed by atoms with Gasteiger partial charge in [0.15, 0.2) is 5.76 Å². The minimum atomic E-state index is -1.01. The number of carboxylic acids is 1. The Labute approximate surface area is 105 Å². The summed E-state index contributed by atoms with van der Waals surface area (Å²) in [7, 11) is 0. The van der Waals surface area contributed by atoms with E-state index in [1.807, 2.05) is 51.1 Å². The van der Waals surface area contributed by atoms with Crippen LogP contribution in [0.4, 0.5) is 0 Å². The Morgan fingerprint density at radius 2 is 1.83 bits per heavy atom. The van der Waals surface area contributed by atoms with Crippen LogP contribution in [0.5, 0.6) is 0 Å². The lowest BCUT2D eigenvalue weighted by atomic mass is 9.89. The van der Waals surface area contributed by atoms with Crippen molar-refractivity contribution in [3.63, 3.8) is 0 Å². The van der Waals surface area contributed by atoms with Gasteiger partial charge in [-0.1, -0.05) is 56.3 Å². The first-order valence-corrected chi connectivity index (χ1v) is 5.70. The third-order valence-corrected chi connectivity index (χ3v) is 2.63. The maximum absolute atomic E-state index is 11.4. The Bertz CT molecular complexity index is 564. The Morgan fingerprint density at radius 3 is 2.33 bits per heavy atom. The van der Waals surface area contributed by atoms with E-state index in [-0.39, 0.29) is 5.56 Å². The van der Waals surface area contributed by atoms with E-state index in [2.05, 4.69) is 5.16 Å². The molecule has 0 saturated carbocycles. The highest BCUT2D eigenvalue weighted by Crippen LogP contribution is 2.32. The molecule has 94 valence electrons. The zero-order chi connectivity index (χ0) is 13.3. The van der Waals surface area contributed by atoms with Gasteiger partial charge < -0.3 is 9.63 Å². The molecule has 2 rings (SSSR count). The van der Waals surface area contributed by atoms with Gasteiger partial charge in [-0.05, 0) is 0 Å². The van der Waals surface area contributed by atoms with Crippen LogP contribution in [0.3, 0.4) is 0 Å². The second kappa shape index (κ2) is 4.29. The summed E-state index contributed by atoms with van der Waals surface area (Å²) in [6.45, 7) is 5.69. The van der Waals surface area contributed by atoms with Crippen LogP contribution in [0.25, 0.3) is 11.3 Å². The summed E-state index contributed by atoms with van der Waals surface area (Å²) in [5, 5.41) is 13.3. The topological polar surface area (TPSA) is 63.3 Å². The lowest BCUT2D eigenvalue weighted by Crippen LogP contribution is -2.15. The van der Waals surface area contributed by atoms with Gasteiger partial charge in [-0.15, -0.1) is 0 Å². The molecule has 0 aliphatic carbocycles. The minimum Gasteiger partial charge on any atom is -0.477 e. The summed E-state index contributed by atoms with van der Waals surface area (Å²) in [6.07, 6.45) is 0. The maximum Gasteiger partial charge on any atom is 0.341 e. The number of aromatic nitrogens is 1. The van der Waals surface area contributed by atoms with E-state index in [9.17, 15) is 9.90 Å². The SMILES string of the molecule is CC(C)(C)c1onc(-c2ccccc2)c1C(=O)O. The molecule has 4 nitrogen and oxygen atoms in total. The molecule has 0 amide bonds. The third-order valence-electron chi connectivity index (χ3n) is 2.63. The summed E-state index contributed by atoms with van der Waals surface area (Å²) in [5.74, 6) is -0.617. The van der Waals surface area contributed by atoms with Gasteiger partial charge in [0, 0.05) is 11.0 Å². The summed E-state index contributed by atoms with van der Waals surface area (Å²) in [5.41, 5.74) is 0.879. The van der Waals surface area contributed by atoms with Crippen LogP contribution in [0.2, 0.25) is 0 Å². The quantitative estimate of drug-likeness (QED) is 0.881. The number of carbonyl (C=O) groups is 1. The molecule has 1 heterocycles. The van der Waals surface area contributed by atoms with E-state index in [0.717, 1.165) is 5.56 Å². The van der Waals surface area contributed by atoms with E-state index in [4.69, 9.17) is 4.52 Å². The van der Waals surface area contributed by atoms with Gasteiger partial charge in [-0.3, -0.25) is 0 Å². The molecule has 0 saturated heterocycles. The molecule has 2 aromatic rings. The predicted molar refractivity (Wildman–Crippen MR) is 67.6 cm³/mol. The zero-order valence-corrected chi connectivity index (χ0v) is 10.6. The molecule has 1 N–H and O–H groups in total. The highest BCUT2D eigenvalue weighted by Gasteiger charge is 2.31. The van der Waals surface area contributed by atoms with Crippen molar-refractivity contribution < 1.29 is 14.4 Å². The molecule has 0 fully saturated rings. The van der Waals surface area contributed by atoms with Gasteiger partial charge in [-0.2, -0.15) is 0 Å². The number of carboxylic acid groups (broad SMARTS) is 1. The largest absolute Gasteiger partial charge is 0.477 e. The average Bonchev–Trinajstić information content (AvgIpc) is 2.74. The molecule has 4 heteroatoms. The fraction of sp³-hybridized carbons (Fsp3) is 0.286. The molecule has 0 unspecified atom stereocenters. The molecule has 0 radical (unpaired) electrons. The first kappa shape index (κ1) is 12.4. The Kier molecular flexibility index (Phi) is 2.95. The molecule has 1 aromatic carbocycles. The first-order chi connectivity index (χ1) is 8.41. The van der Waals surface area contributed by atoms with Crippen LogP contribution in [-0.2, 0) is 5.41 Å². The molecule has 0 aliphatic heterocycles. The fourth-order valence-corrected chi connectivity index (χ4v) is 1.79. The molecule has 1 aromatic heterocycles. The van der Waals surface area contributed by atoms with Crippen LogP contribution in [-0.4, -0.2) is 16.2 Å². The summed E-state index contributed by atoms with van der Waals surface area (Å²) in [4.78, 5) is 11.4. The zero-order valence-electron chi connectivity index (χ0n) is 10.6. The van der Waals surface area contributed by atoms with Crippen LogP contribution in [0.1, 0.15) is 36.9 Å². The summed E-state index contributed by atoms with van der Waals surface area (Å²) >= 11 is 0. The number of hydrogen-bond acceptors (Lipinski definition) is 3. The van der Waals surface area contributed by atoms with Crippen LogP contribution >= 0.6 is 0 Å². The van der Waals surface area contributed by atoms with Crippen molar-refractivity contribution in [3.8, 4) is 11.3 Å². The molecule has 0 atom stereocenters. The Hall–Kier alpha value is -2.10. The van der Waals surface area contributed by atoms with Crippen LogP contribution < -0.4 is 0 Å². The normalized spacial score (nSPS) is 11.5. The predicted octanol–water partition coefficient (Wildman–Crippen LogP) is 3.34. The van der Waals surface area contributed by atoms with Gasteiger partial charge in [0.1, 0.15) is 11.3 Å². The Balaban J connectivity index is 2.64. The third kappa shape index (κ3) is 2.14. The molecule has 0 spiro atoms. The molecule has 18 heavy (non-hydrogen) atoms. The van der Waals surface area contributed by atoms with E-state index in [1.54, 1.807) is 0 Å². The first-order valence-electron chi connectivity index (χ1n) is 5.70. The molecule has 0 aliphatic rings. The number of aromatic carboxylic acids is 1. The molecular formula is C14H15NO3. The highest BCUT2D eigenvalue weighted by molar-refractivity contribution is 5.96. The number of hydrogen-bond donors (Lipinski definition) is 1. The van der Waals surface area contributed by atoms with Gasteiger partial charge in [0.25, 0.3) is 0 Å².